The lowest BCUT2D eigenvalue weighted by Gasteiger charge is -2.10. The van der Waals surface area contributed by atoms with Crippen LogP contribution in [0.2, 0.25) is 0 Å². The summed E-state index contributed by atoms with van der Waals surface area (Å²) in [5.41, 5.74) is 7.33. The van der Waals surface area contributed by atoms with E-state index in [1.807, 2.05) is 26.0 Å². The molecule has 2 aromatic carbocycles. The standard InChI is InChI=1S/C16H16N2O3/c1-10-6-7-14(11(2)8-10)16(21)18-17-15(20)12-4-3-5-13(19)9-12/h3-9,19H,1-2H3,(H,17,20)(H,18,21). The number of carbonyl (C=O) groups is 2. The van der Waals surface area contributed by atoms with Crippen LogP contribution in [0.5, 0.6) is 5.75 Å². The fourth-order valence-electron chi connectivity index (χ4n) is 1.97. The first-order chi connectivity index (χ1) is 9.97. The normalized spacial score (nSPS) is 10.0. The van der Waals surface area contributed by atoms with E-state index in [1.165, 1.54) is 12.1 Å². The number of phenolic OH excluding ortho intramolecular Hbond substituents is 1. The number of aromatic hydroxyl groups is 1. The molecule has 0 fully saturated rings. The zero-order valence-corrected chi connectivity index (χ0v) is 11.8. The summed E-state index contributed by atoms with van der Waals surface area (Å²) >= 11 is 0. The Morgan fingerprint density at radius 1 is 0.952 bits per heavy atom. The van der Waals surface area contributed by atoms with Gasteiger partial charge >= 0.3 is 0 Å². The fourth-order valence-corrected chi connectivity index (χ4v) is 1.97. The molecule has 2 rings (SSSR count). The van der Waals surface area contributed by atoms with Gasteiger partial charge in [0, 0.05) is 11.1 Å². The SMILES string of the molecule is Cc1ccc(C(=O)NNC(=O)c2cccc(O)c2)c(C)c1. The van der Waals surface area contributed by atoms with Gasteiger partial charge in [0.25, 0.3) is 11.8 Å². The van der Waals surface area contributed by atoms with Gasteiger partial charge in [-0.1, -0.05) is 23.8 Å². The summed E-state index contributed by atoms with van der Waals surface area (Å²) < 4.78 is 0. The summed E-state index contributed by atoms with van der Waals surface area (Å²) in [6, 6.07) is 11.3. The Kier molecular flexibility index (Phi) is 4.23. The lowest BCUT2D eigenvalue weighted by atomic mass is 10.1. The van der Waals surface area contributed by atoms with Crippen molar-refractivity contribution in [3.8, 4) is 5.75 Å². The predicted molar refractivity (Wildman–Crippen MR) is 79.0 cm³/mol. The number of phenols is 1. The van der Waals surface area contributed by atoms with Gasteiger partial charge in [0.1, 0.15) is 5.75 Å². The van der Waals surface area contributed by atoms with E-state index >= 15 is 0 Å². The van der Waals surface area contributed by atoms with E-state index < -0.39 is 5.91 Å². The van der Waals surface area contributed by atoms with Gasteiger partial charge in [-0.3, -0.25) is 20.4 Å². The van der Waals surface area contributed by atoms with Gasteiger partial charge in [-0.25, -0.2) is 0 Å². The second-order valence-corrected chi connectivity index (χ2v) is 4.78. The maximum atomic E-state index is 12.0. The molecule has 0 aliphatic rings. The van der Waals surface area contributed by atoms with Gasteiger partial charge in [-0.2, -0.15) is 0 Å². The van der Waals surface area contributed by atoms with E-state index in [9.17, 15) is 14.7 Å². The Bertz CT molecular complexity index is 696. The molecule has 0 saturated heterocycles. The molecule has 2 amide bonds. The van der Waals surface area contributed by atoms with Gasteiger partial charge in [-0.05, 0) is 43.7 Å². The van der Waals surface area contributed by atoms with Crippen LogP contribution in [-0.4, -0.2) is 16.9 Å². The second kappa shape index (κ2) is 6.09. The highest BCUT2D eigenvalue weighted by atomic mass is 16.3. The first kappa shape index (κ1) is 14.6. The molecule has 0 aromatic heterocycles. The molecule has 0 heterocycles. The van der Waals surface area contributed by atoms with Crippen molar-refractivity contribution in [3.05, 3.63) is 64.7 Å². The summed E-state index contributed by atoms with van der Waals surface area (Å²) in [6.07, 6.45) is 0. The molecule has 3 N–H and O–H groups in total. The van der Waals surface area contributed by atoms with Crippen molar-refractivity contribution in [1.82, 2.24) is 10.9 Å². The molecule has 5 nitrogen and oxygen atoms in total. The lowest BCUT2D eigenvalue weighted by molar-refractivity contribution is 0.0846. The molecule has 0 aliphatic heterocycles. The highest BCUT2D eigenvalue weighted by Gasteiger charge is 2.11. The van der Waals surface area contributed by atoms with Crippen molar-refractivity contribution < 1.29 is 14.7 Å². The number of aryl methyl sites for hydroxylation is 2. The van der Waals surface area contributed by atoms with Gasteiger partial charge in [0.15, 0.2) is 0 Å². The Morgan fingerprint density at radius 2 is 1.67 bits per heavy atom. The van der Waals surface area contributed by atoms with E-state index in [0.29, 0.717) is 5.56 Å². The topological polar surface area (TPSA) is 78.4 Å². The number of nitrogens with one attached hydrogen (secondary N) is 2. The summed E-state index contributed by atoms with van der Waals surface area (Å²) in [6.45, 7) is 3.78. The quantitative estimate of drug-likeness (QED) is 0.739. The highest BCUT2D eigenvalue weighted by Crippen LogP contribution is 2.11. The molecule has 2 aromatic rings. The Balaban J connectivity index is 2.02. The van der Waals surface area contributed by atoms with E-state index in [-0.39, 0.29) is 17.2 Å². The van der Waals surface area contributed by atoms with Crippen LogP contribution in [0.1, 0.15) is 31.8 Å². The minimum absolute atomic E-state index is 0.0108. The van der Waals surface area contributed by atoms with Crippen molar-refractivity contribution >= 4 is 11.8 Å². The van der Waals surface area contributed by atoms with Gasteiger partial charge < -0.3 is 5.11 Å². The molecule has 0 unspecified atom stereocenters. The summed E-state index contributed by atoms with van der Waals surface area (Å²) in [7, 11) is 0. The molecular weight excluding hydrogens is 268 g/mol. The van der Waals surface area contributed by atoms with Crippen LogP contribution < -0.4 is 10.9 Å². The van der Waals surface area contributed by atoms with Crippen molar-refractivity contribution in [3.63, 3.8) is 0 Å². The van der Waals surface area contributed by atoms with Crippen LogP contribution in [0.4, 0.5) is 0 Å². The number of hydrogen-bond donors (Lipinski definition) is 3. The Hall–Kier alpha value is -2.82. The van der Waals surface area contributed by atoms with Crippen LogP contribution in [-0.2, 0) is 0 Å². The number of carbonyl (C=O) groups excluding carboxylic acids is 2. The van der Waals surface area contributed by atoms with Crippen molar-refractivity contribution in [1.29, 1.82) is 0 Å². The van der Waals surface area contributed by atoms with Crippen molar-refractivity contribution in [2.45, 2.75) is 13.8 Å². The summed E-state index contributed by atoms with van der Waals surface area (Å²) in [5.74, 6) is -0.895. The second-order valence-electron chi connectivity index (χ2n) is 4.78. The monoisotopic (exact) mass is 284 g/mol. The molecule has 0 aliphatic carbocycles. The van der Waals surface area contributed by atoms with E-state index in [0.717, 1.165) is 11.1 Å². The van der Waals surface area contributed by atoms with Gasteiger partial charge in [0.2, 0.25) is 0 Å². The Labute approximate surface area is 122 Å². The molecule has 108 valence electrons. The molecular formula is C16H16N2O3. The number of amides is 2. The molecule has 0 bridgehead atoms. The average Bonchev–Trinajstić information content (AvgIpc) is 2.44. The van der Waals surface area contributed by atoms with Crippen LogP contribution >= 0.6 is 0 Å². The van der Waals surface area contributed by atoms with Crippen molar-refractivity contribution in [2.24, 2.45) is 0 Å². The molecule has 5 heteroatoms. The van der Waals surface area contributed by atoms with E-state index in [2.05, 4.69) is 10.9 Å². The highest BCUT2D eigenvalue weighted by molar-refractivity contribution is 5.99. The third-order valence-corrected chi connectivity index (χ3v) is 3.02. The van der Waals surface area contributed by atoms with Gasteiger partial charge in [0.05, 0.1) is 0 Å². The number of benzene rings is 2. The largest absolute Gasteiger partial charge is 0.508 e. The van der Waals surface area contributed by atoms with E-state index in [4.69, 9.17) is 0 Å². The first-order valence-corrected chi connectivity index (χ1v) is 6.44. The number of hydrazine groups is 1. The van der Waals surface area contributed by atoms with Crippen LogP contribution in [0.15, 0.2) is 42.5 Å². The van der Waals surface area contributed by atoms with Crippen LogP contribution in [0, 0.1) is 13.8 Å². The predicted octanol–water partition coefficient (Wildman–Crippen LogP) is 2.08. The van der Waals surface area contributed by atoms with Crippen LogP contribution in [0.25, 0.3) is 0 Å². The van der Waals surface area contributed by atoms with Crippen LogP contribution in [0.3, 0.4) is 0 Å². The molecule has 0 atom stereocenters. The molecule has 0 saturated carbocycles. The zero-order chi connectivity index (χ0) is 15.4. The zero-order valence-electron chi connectivity index (χ0n) is 11.8. The molecule has 0 radical (unpaired) electrons. The summed E-state index contributed by atoms with van der Waals surface area (Å²) in [5, 5.41) is 9.31. The third kappa shape index (κ3) is 3.60. The fraction of sp³-hybridized carbons (Fsp3) is 0.125. The number of hydrogen-bond acceptors (Lipinski definition) is 3. The smallest absolute Gasteiger partial charge is 0.269 e. The molecule has 21 heavy (non-hydrogen) atoms. The summed E-state index contributed by atoms with van der Waals surface area (Å²) in [4.78, 5) is 23.8. The maximum Gasteiger partial charge on any atom is 0.269 e. The van der Waals surface area contributed by atoms with Gasteiger partial charge in [-0.15, -0.1) is 0 Å². The minimum atomic E-state index is -0.496. The van der Waals surface area contributed by atoms with Crippen molar-refractivity contribution in [2.75, 3.05) is 0 Å². The third-order valence-electron chi connectivity index (χ3n) is 3.02. The Morgan fingerprint density at radius 3 is 2.33 bits per heavy atom. The minimum Gasteiger partial charge on any atom is -0.508 e. The van der Waals surface area contributed by atoms with E-state index in [1.54, 1.807) is 18.2 Å². The lowest BCUT2D eigenvalue weighted by Crippen LogP contribution is -2.41. The number of rotatable bonds is 2. The molecule has 0 spiro atoms. The first-order valence-electron chi connectivity index (χ1n) is 6.44. The maximum absolute atomic E-state index is 12.0. The average molecular weight is 284 g/mol.